The molecule has 6 nitrogen and oxygen atoms in total. The first-order chi connectivity index (χ1) is 11.1. The lowest BCUT2D eigenvalue weighted by atomic mass is 10.1. The third-order valence-corrected chi connectivity index (χ3v) is 4.65. The first-order valence-electron chi connectivity index (χ1n) is 7.19. The Bertz CT molecular complexity index is 614. The summed E-state index contributed by atoms with van der Waals surface area (Å²) in [7, 11) is 0. The Morgan fingerprint density at radius 3 is 2.50 bits per heavy atom. The lowest BCUT2D eigenvalue weighted by molar-refractivity contribution is -0.142. The van der Waals surface area contributed by atoms with E-state index in [-0.39, 0.29) is 16.7 Å². The maximum Gasteiger partial charge on any atom is 0.532 e. The van der Waals surface area contributed by atoms with Crippen molar-refractivity contribution in [2.45, 2.75) is 33.2 Å². The van der Waals surface area contributed by atoms with Crippen LogP contribution >= 0.6 is 41.4 Å². The Labute approximate surface area is 156 Å². The zero-order chi connectivity index (χ0) is 18.3. The predicted octanol–water partition coefficient (Wildman–Crippen LogP) is 5.22. The van der Waals surface area contributed by atoms with E-state index in [1.807, 2.05) is 13.8 Å². The highest BCUT2D eigenvalue weighted by molar-refractivity contribution is 7.82. The molecule has 0 amide bonds. The van der Waals surface area contributed by atoms with Crippen molar-refractivity contribution in [3.8, 4) is 5.75 Å². The van der Waals surface area contributed by atoms with Gasteiger partial charge in [-0.05, 0) is 31.4 Å². The summed E-state index contributed by atoms with van der Waals surface area (Å²) in [5.41, 5.74) is 2.56. The van der Waals surface area contributed by atoms with Crippen LogP contribution in [0.25, 0.3) is 0 Å². The van der Waals surface area contributed by atoms with Crippen LogP contribution in [0, 0.1) is 5.92 Å². The molecule has 10 heteroatoms. The van der Waals surface area contributed by atoms with Gasteiger partial charge in [-0.15, -0.1) is 0 Å². The molecule has 24 heavy (non-hydrogen) atoms. The second-order valence-corrected chi connectivity index (χ2v) is 8.52. The molecule has 0 heterocycles. The first kappa shape index (κ1) is 21.6. The summed E-state index contributed by atoms with van der Waals surface area (Å²) in [5.74, 6) is -0.606. The van der Waals surface area contributed by atoms with E-state index >= 15 is 0 Å². The van der Waals surface area contributed by atoms with Gasteiger partial charge in [0.05, 0.1) is 16.7 Å². The molecular formula is C14H19Cl3NO5P. The van der Waals surface area contributed by atoms with Gasteiger partial charge in [-0.2, -0.15) is 5.48 Å². The minimum atomic E-state index is -4.21. The molecule has 0 saturated heterocycles. The predicted molar refractivity (Wildman–Crippen MR) is 94.6 cm³/mol. The van der Waals surface area contributed by atoms with Gasteiger partial charge in [0.2, 0.25) is 0 Å². The Kier molecular flexibility index (Phi) is 8.85. The molecule has 2 atom stereocenters. The topological polar surface area (TPSA) is 73.9 Å². The van der Waals surface area contributed by atoms with E-state index in [1.165, 1.54) is 18.2 Å². The van der Waals surface area contributed by atoms with Crippen molar-refractivity contribution in [3.63, 3.8) is 0 Å². The third-order valence-electron chi connectivity index (χ3n) is 2.67. The smallest absolute Gasteiger partial charge is 0.405 e. The molecule has 0 radical (unpaired) electrons. The molecule has 136 valence electrons. The molecule has 0 aliphatic heterocycles. The van der Waals surface area contributed by atoms with E-state index in [0.29, 0.717) is 18.1 Å². The van der Waals surface area contributed by atoms with Gasteiger partial charge in [-0.1, -0.05) is 37.0 Å². The Balaban J connectivity index is 2.76. The van der Waals surface area contributed by atoms with Crippen molar-refractivity contribution >= 4 is 47.4 Å². The van der Waals surface area contributed by atoms with Crippen LogP contribution in [0.15, 0.2) is 18.2 Å². The number of halogens is 3. The van der Waals surface area contributed by atoms with Crippen LogP contribution in [0.4, 0.5) is 0 Å². The molecular weight excluding hydrogens is 399 g/mol. The van der Waals surface area contributed by atoms with Gasteiger partial charge in [-0.3, -0.25) is 0 Å². The molecule has 0 saturated carbocycles. The summed E-state index contributed by atoms with van der Waals surface area (Å²) in [6.45, 7) is 1.73. The van der Waals surface area contributed by atoms with E-state index in [2.05, 4.69) is 5.48 Å². The lowest BCUT2D eigenvalue weighted by Crippen LogP contribution is -2.38. The fourth-order valence-electron chi connectivity index (χ4n) is 1.70. The van der Waals surface area contributed by atoms with Gasteiger partial charge in [-0.25, -0.2) is 9.36 Å². The fraction of sp³-hybridized carbons (Fsp3) is 0.500. The van der Waals surface area contributed by atoms with Crippen molar-refractivity contribution in [2.24, 2.45) is 5.92 Å². The molecule has 1 rings (SSSR count). The van der Waals surface area contributed by atoms with Gasteiger partial charge in [0.1, 0.15) is 11.8 Å². The summed E-state index contributed by atoms with van der Waals surface area (Å²) < 4.78 is 22.1. The normalized spacial score (nSPS) is 15.0. The molecule has 1 aromatic rings. The Morgan fingerprint density at radius 2 is 1.96 bits per heavy atom. The lowest BCUT2D eigenvalue weighted by Gasteiger charge is -2.20. The van der Waals surface area contributed by atoms with Crippen LogP contribution < -0.4 is 10.0 Å². The summed E-state index contributed by atoms with van der Waals surface area (Å²) in [6.07, 6.45) is 0.405. The van der Waals surface area contributed by atoms with E-state index in [4.69, 9.17) is 48.3 Å². The van der Waals surface area contributed by atoms with E-state index in [0.717, 1.165) is 0 Å². The van der Waals surface area contributed by atoms with Crippen molar-refractivity contribution < 1.29 is 23.2 Å². The monoisotopic (exact) mass is 417 g/mol. The molecule has 1 unspecified atom stereocenters. The minimum absolute atomic E-state index is 0.0636. The number of rotatable bonds is 9. The SMILES string of the molecule is CCON[C@@H](CC(C)C)C(=O)OP(=O)(Cl)Oc1ccc(Cl)c(Cl)c1. The highest BCUT2D eigenvalue weighted by Crippen LogP contribution is 2.54. The Morgan fingerprint density at radius 1 is 1.29 bits per heavy atom. The van der Waals surface area contributed by atoms with Crippen LogP contribution in [0.2, 0.25) is 10.0 Å². The highest BCUT2D eigenvalue weighted by Gasteiger charge is 2.32. The van der Waals surface area contributed by atoms with Crippen LogP contribution in [0.5, 0.6) is 5.75 Å². The van der Waals surface area contributed by atoms with Crippen LogP contribution in [-0.4, -0.2) is 18.6 Å². The summed E-state index contributed by atoms with van der Waals surface area (Å²) in [6, 6.07) is 3.34. The van der Waals surface area contributed by atoms with Gasteiger partial charge in [0.15, 0.2) is 0 Å². The molecule has 1 N–H and O–H groups in total. The summed E-state index contributed by atoms with van der Waals surface area (Å²) in [5, 5.41) is 0.483. The number of benzene rings is 1. The average Bonchev–Trinajstić information content (AvgIpc) is 2.46. The standard InChI is InChI=1S/C14H19Cl3NO5P/c1-4-21-18-13(7-9(2)3)14(19)23-24(17,20)22-10-5-6-11(15)12(16)8-10/h5-6,8-9,13,18H,4,7H2,1-3H3/t13-,24?/m0/s1. The molecule has 0 spiro atoms. The van der Waals surface area contributed by atoms with Crippen LogP contribution in [0.3, 0.4) is 0 Å². The average molecular weight is 419 g/mol. The van der Waals surface area contributed by atoms with Gasteiger partial charge in [0.25, 0.3) is 0 Å². The summed E-state index contributed by atoms with van der Waals surface area (Å²) >= 11 is 17.3. The number of hydrogen-bond donors (Lipinski definition) is 1. The molecule has 0 bridgehead atoms. The third kappa shape index (κ3) is 7.60. The maximum absolute atomic E-state index is 12.2. The van der Waals surface area contributed by atoms with Gasteiger partial charge < -0.3 is 13.9 Å². The van der Waals surface area contributed by atoms with Gasteiger partial charge >= 0.3 is 12.9 Å². The number of hydrogen-bond acceptors (Lipinski definition) is 6. The van der Waals surface area contributed by atoms with Crippen molar-refractivity contribution in [1.29, 1.82) is 0 Å². The molecule has 0 aliphatic rings. The zero-order valence-electron chi connectivity index (χ0n) is 13.4. The molecule has 0 aromatic heterocycles. The van der Waals surface area contributed by atoms with Crippen molar-refractivity contribution in [2.75, 3.05) is 6.61 Å². The van der Waals surface area contributed by atoms with E-state index in [1.54, 1.807) is 6.92 Å². The summed E-state index contributed by atoms with van der Waals surface area (Å²) in [4.78, 5) is 17.2. The second-order valence-electron chi connectivity index (χ2n) is 5.24. The van der Waals surface area contributed by atoms with Crippen molar-refractivity contribution in [3.05, 3.63) is 28.2 Å². The minimum Gasteiger partial charge on any atom is -0.405 e. The number of carbonyl (C=O) groups is 1. The maximum atomic E-state index is 12.2. The van der Waals surface area contributed by atoms with Crippen molar-refractivity contribution in [1.82, 2.24) is 5.48 Å². The molecule has 1 aromatic carbocycles. The first-order valence-corrected chi connectivity index (χ1v) is 10.4. The van der Waals surface area contributed by atoms with Crippen LogP contribution in [-0.2, 0) is 18.7 Å². The second kappa shape index (κ2) is 9.85. The van der Waals surface area contributed by atoms with E-state index < -0.39 is 19.0 Å². The highest BCUT2D eigenvalue weighted by atomic mass is 35.7. The number of nitrogens with one attached hydrogen (secondary N) is 1. The molecule has 0 aliphatic carbocycles. The zero-order valence-corrected chi connectivity index (χ0v) is 16.6. The quantitative estimate of drug-likeness (QED) is 0.438. The Hall–Kier alpha value is -0.490. The van der Waals surface area contributed by atoms with E-state index in [9.17, 15) is 9.36 Å². The fourth-order valence-corrected chi connectivity index (χ4v) is 3.17. The number of hydroxylamine groups is 1. The van der Waals surface area contributed by atoms with Crippen LogP contribution in [0.1, 0.15) is 27.2 Å². The molecule has 0 fully saturated rings. The largest absolute Gasteiger partial charge is 0.532 e. The number of carbonyl (C=O) groups excluding carboxylic acids is 1. The van der Waals surface area contributed by atoms with Gasteiger partial charge in [0, 0.05) is 17.3 Å².